The third-order valence-corrected chi connectivity index (χ3v) is 0.433. The van der Waals surface area contributed by atoms with Crippen LogP contribution in [-0.4, -0.2) is 11.6 Å². The maximum atomic E-state index is 5.11. The van der Waals surface area contributed by atoms with Crippen molar-refractivity contribution in [1.29, 1.82) is 0 Å². The van der Waals surface area contributed by atoms with Crippen molar-refractivity contribution in [3.8, 4) is 0 Å². The zero-order valence-corrected chi connectivity index (χ0v) is 8.89. The fraction of sp³-hybridized carbons (Fsp3) is 1.00. The van der Waals surface area contributed by atoms with Crippen molar-refractivity contribution in [3.05, 3.63) is 0 Å². The van der Waals surface area contributed by atoms with Crippen LogP contribution in [0.3, 0.4) is 0 Å². The summed E-state index contributed by atoms with van der Waals surface area (Å²) in [4.78, 5) is 0. The van der Waals surface area contributed by atoms with E-state index in [1.54, 1.807) is 0 Å². The number of nitrogens with one attached hydrogen (secondary N) is 1. The van der Waals surface area contributed by atoms with Gasteiger partial charge in [0.1, 0.15) is 0 Å². The molecule has 5 heteroatoms. The van der Waals surface area contributed by atoms with Gasteiger partial charge in [-0.15, -0.1) is 0 Å². The van der Waals surface area contributed by atoms with Crippen molar-refractivity contribution in [2.24, 2.45) is 23.3 Å². The Labute approximate surface area is 75.8 Å². The molecule has 0 aromatic rings. The zero-order chi connectivity index (χ0) is 10.8. The van der Waals surface area contributed by atoms with E-state index in [2.05, 4.69) is 17.1 Å². The first kappa shape index (κ1) is 17.8. The van der Waals surface area contributed by atoms with Crippen molar-refractivity contribution >= 4 is 0 Å². The van der Waals surface area contributed by atoms with Crippen LogP contribution in [0.15, 0.2) is 0 Å². The second-order valence-electron chi connectivity index (χ2n) is 3.64. The van der Waals surface area contributed by atoms with E-state index < -0.39 is 0 Å². The van der Waals surface area contributed by atoms with Gasteiger partial charge in [0.25, 0.3) is 0 Å². The molecule has 0 atom stereocenters. The average molecular weight is 179 g/mol. The largest absolute Gasteiger partial charge is 0.328 e. The average Bonchev–Trinajstić information content (AvgIpc) is 1.90. The molecule has 0 aromatic carbocycles. The Morgan fingerprint density at radius 3 is 1.17 bits per heavy atom. The molecule has 0 radical (unpaired) electrons. The quantitative estimate of drug-likeness (QED) is 0.252. The summed E-state index contributed by atoms with van der Waals surface area (Å²) in [6, 6.07) is 0.333. The minimum Gasteiger partial charge on any atom is -0.328 e. The maximum Gasteiger partial charge on any atom is 0.0236 e. The normalized spacial score (nSPS) is 9.50. The summed E-state index contributed by atoms with van der Waals surface area (Å²) in [5.41, 5.74) is 7.78. The molecule has 0 spiro atoms. The van der Waals surface area contributed by atoms with Crippen molar-refractivity contribution in [1.82, 2.24) is 5.43 Å². The standard InChI is InChI=1S/C4H12N2.C3H9N.H4N2/c1-4(2,3)6-5;1-3(2)4;1-2/h6H,5H2,1-3H3;3H,4H2,1-2H3;1-2H2. The first-order valence-corrected chi connectivity index (χ1v) is 3.86. The molecule has 0 saturated carbocycles. The molecule has 78 valence electrons. The highest BCUT2D eigenvalue weighted by Crippen LogP contribution is 1.92. The monoisotopic (exact) mass is 179 g/mol. The van der Waals surface area contributed by atoms with Crippen LogP contribution in [0.1, 0.15) is 34.6 Å². The van der Waals surface area contributed by atoms with Gasteiger partial charge in [0, 0.05) is 5.54 Å². The molecule has 0 fully saturated rings. The second-order valence-corrected chi connectivity index (χ2v) is 3.64. The fourth-order valence-corrected chi connectivity index (χ4v) is 0. The Bertz CT molecular complexity index is 63.9. The molecule has 0 aliphatic carbocycles. The third kappa shape index (κ3) is 96.8. The summed E-state index contributed by atoms with van der Waals surface area (Å²) in [6.45, 7) is 9.91. The molecule has 0 bridgehead atoms. The minimum absolute atomic E-state index is 0.0694. The van der Waals surface area contributed by atoms with Crippen LogP contribution in [-0.2, 0) is 0 Å². The van der Waals surface area contributed by atoms with Gasteiger partial charge in [-0.3, -0.25) is 23.0 Å². The highest BCUT2D eigenvalue weighted by atomic mass is 15.2. The van der Waals surface area contributed by atoms with E-state index in [-0.39, 0.29) is 5.54 Å². The number of rotatable bonds is 0. The smallest absolute Gasteiger partial charge is 0.0236 e. The summed E-state index contributed by atoms with van der Waals surface area (Å²) in [6.07, 6.45) is 0. The van der Waals surface area contributed by atoms with E-state index in [1.165, 1.54) is 0 Å². The number of nitrogens with two attached hydrogens (primary N) is 4. The lowest BCUT2D eigenvalue weighted by atomic mass is 10.1. The van der Waals surface area contributed by atoms with E-state index in [0.29, 0.717) is 6.04 Å². The first-order chi connectivity index (χ1) is 5.29. The number of hydrogen-bond donors (Lipinski definition) is 5. The summed E-state index contributed by atoms with van der Waals surface area (Å²) < 4.78 is 0. The van der Waals surface area contributed by atoms with Gasteiger partial charge >= 0.3 is 0 Å². The van der Waals surface area contributed by atoms with Gasteiger partial charge in [-0.05, 0) is 26.8 Å². The van der Waals surface area contributed by atoms with Gasteiger partial charge < -0.3 is 5.73 Å². The van der Waals surface area contributed by atoms with E-state index in [0.717, 1.165) is 0 Å². The van der Waals surface area contributed by atoms with Crippen LogP contribution in [0.5, 0.6) is 0 Å². The number of hydrogen-bond acceptors (Lipinski definition) is 5. The molecular weight excluding hydrogens is 154 g/mol. The van der Waals surface area contributed by atoms with Gasteiger partial charge in [0.05, 0.1) is 0 Å². The van der Waals surface area contributed by atoms with Crippen LogP contribution in [0, 0.1) is 0 Å². The lowest BCUT2D eigenvalue weighted by Gasteiger charge is -2.14. The molecular formula is C7H25N5. The molecule has 0 heterocycles. The highest BCUT2D eigenvalue weighted by molar-refractivity contribution is 4.63. The topological polar surface area (TPSA) is 116 Å². The van der Waals surface area contributed by atoms with Gasteiger partial charge in [0.15, 0.2) is 0 Å². The van der Waals surface area contributed by atoms with Crippen molar-refractivity contribution in [2.45, 2.75) is 46.2 Å². The van der Waals surface area contributed by atoms with E-state index in [4.69, 9.17) is 11.6 Å². The number of hydrazine groups is 2. The molecule has 0 aliphatic heterocycles. The lowest BCUT2D eigenvalue weighted by molar-refractivity contribution is 0.438. The van der Waals surface area contributed by atoms with Gasteiger partial charge in [0.2, 0.25) is 0 Å². The fourth-order valence-electron chi connectivity index (χ4n) is 0. The molecule has 0 saturated heterocycles. The Morgan fingerprint density at radius 2 is 1.17 bits per heavy atom. The van der Waals surface area contributed by atoms with Gasteiger partial charge in [-0.1, -0.05) is 13.8 Å². The predicted molar refractivity (Wildman–Crippen MR) is 54.8 cm³/mol. The van der Waals surface area contributed by atoms with Crippen LogP contribution in [0.25, 0.3) is 0 Å². The van der Waals surface area contributed by atoms with Crippen molar-refractivity contribution in [3.63, 3.8) is 0 Å². The third-order valence-electron chi connectivity index (χ3n) is 0.433. The Hall–Kier alpha value is -0.200. The van der Waals surface area contributed by atoms with Crippen LogP contribution in [0.4, 0.5) is 0 Å². The molecule has 0 unspecified atom stereocenters. The SMILES string of the molecule is CC(C)(C)NN.CC(C)N.NN. The molecule has 0 aliphatic rings. The predicted octanol–water partition coefficient (Wildman–Crippen LogP) is -0.579. The molecule has 9 N–H and O–H groups in total. The Kier molecular flexibility index (Phi) is 16.0. The van der Waals surface area contributed by atoms with E-state index in [1.807, 2.05) is 34.6 Å². The van der Waals surface area contributed by atoms with Crippen molar-refractivity contribution in [2.75, 3.05) is 0 Å². The summed E-state index contributed by atoms with van der Waals surface area (Å²) in [5.74, 6) is 13.1. The van der Waals surface area contributed by atoms with Crippen LogP contribution >= 0.6 is 0 Å². The molecule has 0 rings (SSSR count). The molecule has 0 amide bonds. The summed E-state index contributed by atoms with van der Waals surface area (Å²) in [5, 5.41) is 0. The van der Waals surface area contributed by atoms with Crippen molar-refractivity contribution < 1.29 is 0 Å². The van der Waals surface area contributed by atoms with E-state index >= 15 is 0 Å². The Morgan fingerprint density at radius 1 is 1.08 bits per heavy atom. The summed E-state index contributed by atoms with van der Waals surface area (Å²) in [7, 11) is 0. The molecule has 0 aromatic heterocycles. The van der Waals surface area contributed by atoms with Gasteiger partial charge in [-0.25, -0.2) is 0 Å². The zero-order valence-electron chi connectivity index (χ0n) is 8.89. The first-order valence-electron chi connectivity index (χ1n) is 3.86. The minimum atomic E-state index is 0.0694. The molecule has 5 nitrogen and oxygen atoms in total. The van der Waals surface area contributed by atoms with Gasteiger partial charge in [-0.2, -0.15) is 0 Å². The second kappa shape index (κ2) is 10.8. The van der Waals surface area contributed by atoms with Crippen LogP contribution in [0.2, 0.25) is 0 Å². The van der Waals surface area contributed by atoms with Crippen LogP contribution < -0.4 is 28.7 Å². The highest BCUT2D eigenvalue weighted by Gasteiger charge is 2.02. The summed E-state index contributed by atoms with van der Waals surface area (Å²) >= 11 is 0. The molecule has 12 heavy (non-hydrogen) atoms. The van der Waals surface area contributed by atoms with E-state index in [9.17, 15) is 0 Å². The lowest BCUT2D eigenvalue weighted by Crippen LogP contribution is -2.41. The maximum absolute atomic E-state index is 5.11. The Balaban J connectivity index is -0.000000118.